The molecule has 0 N–H and O–H groups in total. The Morgan fingerprint density at radius 2 is 1.39 bits per heavy atom. The standard InChI is InChI=1S/C17H13N/c1-2-8-14(9-3-1)16-12-6-4-10-15-11-5-7-13-17(15)18-16/h1-13H/b6-4?,10-4-,12-6-,15-10?,16-12?,18-16?,18-17?. The van der Waals surface area contributed by atoms with Crippen LogP contribution in [-0.4, -0.2) is 5.71 Å². The molecule has 1 heteroatoms. The minimum absolute atomic E-state index is 0.993. The van der Waals surface area contributed by atoms with Crippen LogP contribution < -0.4 is 0 Å². The Balaban J connectivity index is 2.14. The second-order valence-corrected chi connectivity index (χ2v) is 4.14. The lowest BCUT2D eigenvalue weighted by atomic mass is 10.1. The molecule has 0 spiro atoms. The van der Waals surface area contributed by atoms with E-state index in [0.717, 1.165) is 22.5 Å². The summed E-state index contributed by atoms with van der Waals surface area (Å²) < 4.78 is 0. The molecule has 0 atom stereocenters. The molecular formula is C17H13N. The maximum absolute atomic E-state index is 4.75. The van der Waals surface area contributed by atoms with Crippen LogP contribution in [0.25, 0.3) is 6.08 Å². The van der Waals surface area contributed by atoms with E-state index in [0.29, 0.717) is 0 Å². The van der Waals surface area contributed by atoms with E-state index in [4.69, 9.17) is 4.99 Å². The van der Waals surface area contributed by atoms with Crippen LogP contribution in [0.3, 0.4) is 0 Å². The van der Waals surface area contributed by atoms with Crippen LogP contribution in [0.5, 0.6) is 0 Å². The van der Waals surface area contributed by atoms with E-state index in [2.05, 4.69) is 30.4 Å². The third-order valence-electron chi connectivity index (χ3n) is 2.89. The average Bonchev–Trinajstić information content (AvgIpc) is 2.41. The Bertz CT molecular complexity index is 634. The van der Waals surface area contributed by atoms with Gasteiger partial charge in [-0.1, -0.05) is 66.8 Å². The van der Waals surface area contributed by atoms with E-state index in [1.807, 2.05) is 48.6 Å². The fraction of sp³-hybridized carbons (Fsp3) is 0. The predicted molar refractivity (Wildman–Crippen MR) is 77.3 cm³/mol. The van der Waals surface area contributed by atoms with Crippen molar-refractivity contribution < 1.29 is 0 Å². The van der Waals surface area contributed by atoms with E-state index in [9.17, 15) is 0 Å². The molecule has 1 aliphatic heterocycles. The van der Waals surface area contributed by atoms with Gasteiger partial charge in [-0.05, 0) is 12.1 Å². The van der Waals surface area contributed by atoms with Crippen molar-refractivity contribution in [3.05, 3.63) is 84.0 Å². The first-order chi connectivity index (χ1) is 8.93. The Labute approximate surface area is 107 Å². The van der Waals surface area contributed by atoms with Crippen molar-refractivity contribution in [1.29, 1.82) is 0 Å². The molecule has 1 heterocycles. The summed E-state index contributed by atoms with van der Waals surface area (Å²) in [4.78, 5) is 4.75. The van der Waals surface area contributed by atoms with Crippen LogP contribution >= 0.6 is 0 Å². The van der Waals surface area contributed by atoms with Crippen LogP contribution in [0.15, 0.2) is 77.8 Å². The number of aliphatic imine (C=N–C) groups is 1. The Morgan fingerprint density at radius 1 is 0.667 bits per heavy atom. The highest BCUT2D eigenvalue weighted by Crippen LogP contribution is 2.23. The first kappa shape index (κ1) is 10.7. The number of benzene rings is 2. The first-order valence-electron chi connectivity index (χ1n) is 6.01. The van der Waals surface area contributed by atoms with Crippen LogP contribution in [0.2, 0.25) is 0 Å². The maximum atomic E-state index is 4.75. The molecule has 86 valence electrons. The molecule has 0 saturated heterocycles. The topological polar surface area (TPSA) is 12.4 Å². The number of hydrogen-bond acceptors (Lipinski definition) is 1. The van der Waals surface area contributed by atoms with E-state index in [-0.39, 0.29) is 0 Å². The van der Waals surface area contributed by atoms with Crippen molar-refractivity contribution in [2.45, 2.75) is 0 Å². The smallest absolute Gasteiger partial charge is 0.0709 e. The minimum Gasteiger partial charge on any atom is -0.248 e. The summed E-state index contributed by atoms with van der Waals surface area (Å²) in [6.45, 7) is 0. The molecule has 0 amide bonds. The van der Waals surface area contributed by atoms with Gasteiger partial charge in [0, 0.05) is 11.1 Å². The number of allylic oxidation sites excluding steroid dienone is 3. The summed E-state index contributed by atoms with van der Waals surface area (Å²) in [6.07, 6.45) is 8.21. The quantitative estimate of drug-likeness (QED) is 0.690. The summed E-state index contributed by atoms with van der Waals surface area (Å²) in [7, 11) is 0. The highest BCUT2D eigenvalue weighted by molar-refractivity contribution is 6.10. The normalized spacial score (nSPS) is 17.0. The fourth-order valence-electron chi connectivity index (χ4n) is 1.97. The van der Waals surface area contributed by atoms with Crippen LogP contribution in [0, 0.1) is 0 Å². The number of fused-ring (bicyclic) bond motifs is 1. The van der Waals surface area contributed by atoms with E-state index in [1.54, 1.807) is 0 Å². The molecule has 2 aromatic rings. The SMILES string of the molecule is C1=C\C(c2ccccc2)=Nc2ccccc2\C=C/1. The highest BCUT2D eigenvalue weighted by Gasteiger charge is 2.03. The van der Waals surface area contributed by atoms with Crippen molar-refractivity contribution in [3.63, 3.8) is 0 Å². The zero-order valence-electron chi connectivity index (χ0n) is 9.95. The zero-order chi connectivity index (χ0) is 12.2. The summed E-state index contributed by atoms with van der Waals surface area (Å²) >= 11 is 0. The van der Waals surface area contributed by atoms with Crippen LogP contribution in [-0.2, 0) is 0 Å². The lowest BCUT2D eigenvalue weighted by Gasteiger charge is -2.06. The number of rotatable bonds is 1. The first-order valence-corrected chi connectivity index (χ1v) is 6.01. The maximum Gasteiger partial charge on any atom is 0.0709 e. The number of nitrogens with zero attached hydrogens (tertiary/aromatic N) is 1. The lowest BCUT2D eigenvalue weighted by Crippen LogP contribution is -1.96. The van der Waals surface area contributed by atoms with Gasteiger partial charge in [0.1, 0.15) is 0 Å². The molecule has 0 bridgehead atoms. The summed E-state index contributed by atoms with van der Waals surface area (Å²) in [5, 5.41) is 0. The van der Waals surface area contributed by atoms with Crippen molar-refractivity contribution in [2.24, 2.45) is 4.99 Å². The molecule has 0 saturated carbocycles. The molecule has 1 aliphatic rings. The van der Waals surface area contributed by atoms with Crippen molar-refractivity contribution in [2.75, 3.05) is 0 Å². The molecule has 0 unspecified atom stereocenters. The second kappa shape index (κ2) is 4.84. The van der Waals surface area contributed by atoms with Gasteiger partial charge in [-0.2, -0.15) is 0 Å². The van der Waals surface area contributed by atoms with Gasteiger partial charge in [0.05, 0.1) is 11.4 Å². The van der Waals surface area contributed by atoms with Gasteiger partial charge in [-0.3, -0.25) is 0 Å². The molecule has 3 rings (SSSR count). The molecular weight excluding hydrogens is 218 g/mol. The van der Waals surface area contributed by atoms with Crippen molar-refractivity contribution >= 4 is 17.5 Å². The molecule has 0 radical (unpaired) electrons. The monoisotopic (exact) mass is 231 g/mol. The number of para-hydroxylation sites is 1. The van der Waals surface area contributed by atoms with Gasteiger partial charge in [-0.15, -0.1) is 0 Å². The molecule has 18 heavy (non-hydrogen) atoms. The van der Waals surface area contributed by atoms with Gasteiger partial charge in [0.15, 0.2) is 0 Å². The second-order valence-electron chi connectivity index (χ2n) is 4.14. The number of hydrogen-bond donors (Lipinski definition) is 0. The van der Waals surface area contributed by atoms with Gasteiger partial charge < -0.3 is 0 Å². The summed E-state index contributed by atoms with van der Waals surface area (Å²) in [5.74, 6) is 0. The molecule has 0 aromatic heterocycles. The summed E-state index contributed by atoms with van der Waals surface area (Å²) in [6, 6.07) is 18.4. The van der Waals surface area contributed by atoms with E-state index < -0.39 is 0 Å². The third kappa shape index (κ3) is 2.16. The van der Waals surface area contributed by atoms with Gasteiger partial charge >= 0.3 is 0 Å². The largest absolute Gasteiger partial charge is 0.248 e. The molecule has 2 aromatic carbocycles. The average molecular weight is 231 g/mol. The minimum atomic E-state index is 0.993. The van der Waals surface area contributed by atoms with Gasteiger partial charge in [-0.25, -0.2) is 4.99 Å². The molecule has 1 nitrogen and oxygen atoms in total. The van der Waals surface area contributed by atoms with Crippen molar-refractivity contribution in [1.82, 2.24) is 0 Å². The fourth-order valence-corrected chi connectivity index (χ4v) is 1.97. The van der Waals surface area contributed by atoms with E-state index in [1.165, 1.54) is 0 Å². The highest BCUT2D eigenvalue weighted by atomic mass is 14.7. The van der Waals surface area contributed by atoms with E-state index >= 15 is 0 Å². The molecule has 0 aliphatic carbocycles. The predicted octanol–water partition coefficient (Wildman–Crippen LogP) is 4.39. The summed E-state index contributed by atoms with van der Waals surface area (Å²) in [5.41, 5.74) is 4.29. The Morgan fingerprint density at radius 3 is 2.28 bits per heavy atom. The van der Waals surface area contributed by atoms with Crippen LogP contribution in [0.4, 0.5) is 5.69 Å². The van der Waals surface area contributed by atoms with Gasteiger partial charge in [0.2, 0.25) is 0 Å². The molecule has 0 fully saturated rings. The van der Waals surface area contributed by atoms with Gasteiger partial charge in [0.25, 0.3) is 0 Å². The third-order valence-corrected chi connectivity index (χ3v) is 2.89. The Kier molecular flexibility index (Phi) is 2.89. The zero-order valence-corrected chi connectivity index (χ0v) is 9.95. The Hall–Kier alpha value is -2.41. The van der Waals surface area contributed by atoms with Crippen LogP contribution in [0.1, 0.15) is 11.1 Å². The lowest BCUT2D eigenvalue weighted by molar-refractivity contribution is 1.47. The van der Waals surface area contributed by atoms with Crippen molar-refractivity contribution in [3.8, 4) is 0 Å².